The predicted octanol–water partition coefficient (Wildman–Crippen LogP) is 2.84. The lowest BCUT2D eigenvalue weighted by atomic mass is 9.95. The minimum atomic E-state index is -4.45. The molecule has 1 N–H and O–H groups in total. The summed E-state index contributed by atoms with van der Waals surface area (Å²) in [5.41, 5.74) is -0.721. The molecule has 3 heterocycles. The number of carbonyl (C=O) groups is 1. The smallest absolute Gasteiger partial charge is 0.339 e. The van der Waals surface area contributed by atoms with Gasteiger partial charge in [0.25, 0.3) is 5.91 Å². The summed E-state index contributed by atoms with van der Waals surface area (Å²) in [5, 5.41) is 11.8. The summed E-state index contributed by atoms with van der Waals surface area (Å²) in [4.78, 5) is 14.2. The molecule has 0 spiro atoms. The Balaban J connectivity index is 0.00000225. The summed E-state index contributed by atoms with van der Waals surface area (Å²) in [7, 11) is 0. The van der Waals surface area contributed by atoms with E-state index in [1.165, 1.54) is 12.1 Å². The van der Waals surface area contributed by atoms with Crippen LogP contribution in [0.25, 0.3) is 0 Å². The molecule has 4 rings (SSSR count). The number of hydrogen-bond donors (Lipinski definition) is 1. The maximum Gasteiger partial charge on any atom is 0.416 e. The summed E-state index contributed by atoms with van der Waals surface area (Å²) >= 11 is 0. The molecule has 28 heavy (non-hydrogen) atoms. The lowest BCUT2D eigenvalue weighted by molar-refractivity contribution is -0.137. The summed E-state index contributed by atoms with van der Waals surface area (Å²) < 4.78 is 40.8. The van der Waals surface area contributed by atoms with Gasteiger partial charge in [0.1, 0.15) is 11.6 Å². The van der Waals surface area contributed by atoms with Crippen LogP contribution in [0.4, 0.5) is 13.2 Å². The lowest BCUT2D eigenvalue weighted by Gasteiger charge is -2.32. The van der Waals surface area contributed by atoms with Crippen LogP contribution in [0.15, 0.2) is 24.3 Å². The number of amides is 1. The average Bonchev–Trinajstić information content (AvgIpc) is 3.11. The largest absolute Gasteiger partial charge is 0.416 e. The van der Waals surface area contributed by atoms with Crippen molar-refractivity contribution in [2.24, 2.45) is 0 Å². The average molecular weight is 416 g/mol. The van der Waals surface area contributed by atoms with E-state index in [1.54, 1.807) is 4.90 Å². The third-order valence-electron chi connectivity index (χ3n) is 5.24. The van der Waals surface area contributed by atoms with Crippen molar-refractivity contribution in [2.75, 3.05) is 19.6 Å². The third-order valence-corrected chi connectivity index (χ3v) is 5.24. The van der Waals surface area contributed by atoms with E-state index in [0.717, 1.165) is 49.7 Å². The first-order valence-corrected chi connectivity index (χ1v) is 9.02. The number of halogens is 4. The molecular weight excluding hydrogens is 395 g/mol. The minimum Gasteiger partial charge on any atom is -0.339 e. The molecule has 152 valence electrons. The Bertz CT molecular complexity index is 846. The zero-order valence-electron chi connectivity index (χ0n) is 15.1. The molecule has 6 nitrogen and oxygen atoms in total. The van der Waals surface area contributed by atoms with Crippen LogP contribution in [0, 0.1) is 0 Å². The number of aromatic nitrogens is 3. The molecule has 1 amide bonds. The SMILES string of the molecule is Cl.O=C(c1cccc(C(F)(F)F)c1)N1CCC(c2nnc3n2CCNC3)CC1. The second-order valence-corrected chi connectivity index (χ2v) is 6.95. The quantitative estimate of drug-likeness (QED) is 0.819. The number of likely N-dealkylation sites (tertiary alicyclic amines) is 1. The molecule has 1 aromatic carbocycles. The number of fused-ring (bicyclic) bond motifs is 1. The van der Waals surface area contributed by atoms with Gasteiger partial charge in [-0.1, -0.05) is 6.07 Å². The zero-order valence-corrected chi connectivity index (χ0v) is 15.9. The highest BCUT2D eigenvalue weighted by atomic mass is 35.5. The van der Waals surface area contributed by atoms with Gasteiger partial charge in [-0.15, -0.1) is 22.6 Å². The molecule has 0 unspecified atom stereocenters. The highest BCUT2D eigenvalue weighted by molar-refractivity contribution is 5.94. The van der Waals surface area contributed by atoms with Gasteiger partial charge in [-0.3, -0.25) is 4.79 Å². The molecule has 2 aliphatic rings. The molecule has 1 fully saturated rings. The van der Waals surface area contributed by atoms with Gasteiger partial charge in [0.2, 0.25) is 0 Å². The van der Waals surface area contributed by atoms with Crippen molar-refractivity contribution >= 4 is 18.3 Å². The Morgan fingerprint density at radius 3 is 2.61 bits per heavy atom. The second kappa shape index (κ2) is 8.08. The number of piperidine rings is 1. The van der Waals surface area contributed by atoms with Gasteiger partial charge < -0.3 is 14.8 Å². The van der Waals surface area contributed by atoms with Crippen molar-refractivity contribution in [3.63, 3.8) is 0 Å². The Morgan fingerprint density at radius 1 is 1.14 bits per heavy atom. The van der Waals surface area contributed by atoms with Crippen LogP contribution >= 0.6 is 12.4 Å². The summed E-state index contributed by atoms with van der Waals surface area (Å²) in [6, 6.07) is 4.62. The molecule has 1 aromatic heterocycles. The topological polar surface area (TPSA) is 63.1 Å². The van der Waals surface area contributed by atoms with Crippen molar-refractivity contribution in [3.05, 3.63) is 47.0 Å². The maximum absolute atomic E-state index is 12.9. The molecule has 2 aromatic rings. The Kier molecular flexibility index (Phi) is 5.95. The van der Waals surface area contributed by atoms with E-state index in [4.69, 9.17) is 0 Å². The first-order valence-electron chi connectivity index (χ1n) is 9.02. The number of hydrogen-bond acceptors (Lipinski definition) is 4. The fourth-order valence-corrected chi connectivity index (χ4v) is 3.77. The lowest BCUT2D eigenvalue weighted by Crippen LogP contribution is -2.39. The Hall–Kier alpha value is -2.13. The maximum atomic E-state index is 12.9. The standard InChI is InChI=1S/C18H20F3N5O.ClH/c19-18(20,21)14-3-1-2-13(10-14)17(27)25-7-4-12(5-8-25)16-24-23-15-11-22-6-9-26(15)16;/h1-3,10,12,22H,4-9,11H2;1H. The van der Waals surface area contributed by atoms with E-state index in [-0.39, 0.29) is 29.8 Å². The number of benzene rings is 1. The molecule has 10 heteroatoms. The molecular formula is C18H21ClF3N5O. The van der Waals surface area contributed by atoms with Gasteiger partial charge in [-0.2, -0.15) is 13.2 Å². The van der Waals surface area contributed by atoms with E-state index in [1.807, 2.05) is 0 Å². The summed E-state index contributed by atoms with van der Waals surface area (Å²) in [5.74, 6) is 1.75. The summed E-state index contributed by atoms with van der Waals surface area (Å²) in [6.07, 6.45) is -2.99. The van der Waals surface area contributed by atoms with Crippen LogP contribution in [0.5, 0.6) is 0 Å². The fraction of sp³-hybridized carbons (Fsp3) is 0.500. The van der Waals surface area contributed by atoms with Gasteiger partial charge in [0.05, 0.1) is 12.1 Å². The monoisotopic (exact) mass is 415 g/mol. The van der Waals surface area contributed by atoms with E-state index in [9.17, 15) is 18.0 Å². The van der Waals surface area contributed by atoms with Gasteiger partial charge in [0, 0.05) is 37.7 Å². The predicted molar refractivity (Wildman–Crippen MR) is 98.3 cm³/mol. The van der Waals surface area contributed by atoms with Crippen LogP contribution in [-0.2, 0) is 19.3 Å². The number of rotatable bonds is 2. The third kappa shape index (κ3) is 4.00. The highest BCUT2D eigenvalue weighted by Crippen LogP contribution is 2.31. The van der Waals surface area contributed by atoms with Gasteiger partial charge in [0.15, 0.2) is 0 Å². The van der Waals surface area contributed by atoms with Crippen molar-refractivity contribution < 1.29 is 18.0 Å². The first kappa shape index (κ1) is 20.6. The fourth-order valence-electron chi connectivity index (χ4n) is 3.77. The normalized spacial score (nSPS) is 17.8. The Labute approximate surface area is 166 Å². The van der Waals surface area contributed by atoms with Gasteiger partial charge >= 0.3 is 6.18 Å². The van der Waals surface area contributed by atoms with Gasteiger partial charge in [-0.05, 0) is 31.0 Å². The van der Waals surface area contributed by atoms with E-state index >= 15 is 0 Å². The van der Waals surface area contributed by atoms with Crippen molar-refractivity contribution in [1.29, 1.82) is 0 Å². The van der Waals surface area contributed by atoms with E-state index in [2.05, 4.69) is 20.1 Å². The number of nitrogens with zero attached hydrogens (tertiary/aromatic N) is 4. The number of carbonyl (C=O) groups excluding carboxylic acids is 1. The molecule has 0 saturated carbocycles. The van der Waals surface area contributed by atoms with Crippen LogP contribution < -0.4 is 5.32 Å². The summed E-state index contributed by atoms with van der Waals surface area (Å²) in [6.45, 7) is 3.42. The van der Waals surface area contributed by atoms with Crippen molar-refractivity contribution in [3.8, 4) is 0 Å². The number of alkyl halides is 3. The Morgan fingerprint density at radius 2 is 1.89 bits per heavy atom. The van der Waals surface area contributed by atoms with Crippen LogP contribution in [0.3, 0.4) is 0 Å². The number of nitrogens with one attached hydrogen (secondary N) is 1. The van der Waals surface area contributed by atoms with Crippen molar-refractivity contribution in [1.82, 2.24) is 25.0 Å². The first-order chi connectivity index (χ1) is 12.9. The van der Waals surface area contributed by atoms with E-state index < -0.39 is 11.7 Å². The van der Waals surface area contributed by atoms with Gasteiger partial charge in [-0.25, -0.2) is 0 Å². The van der Waals surface area contributed by atoms with Crippen LogP contribution in [-0.4, -0.2) is 45.2 Å². The minimum absolute atomic E-state index is 0. The van der Waals surface area contributed by atoms with E-state index in [0.29, 0.717) is 19.6 Å². The molecule has 1 saturated heterocycles. The molecule has 0 aliphatic carbocycles. The van der Waals surface area contributed by atoms with Crippen molar-refractivity contribution in [2.45, 2.75) is 38.0 Å². The molecule has 0 radical (unpaired) electrons. The zero-order chi connectivity index (χ0) is 19.0. The van der Waals surface area contributed by atoms with Crippen LogP contribution in [0.1, 0.15) is 46.3 Å². The molecule has 2 aliphatic heterocycles. The highest BCUT2D eigenvalue weighted by Gasteiger charge is 2.32. The van der Waals surface area contributed by atoms with Crippen LogP contribution in [0.2, 0.25) is 0 Å². The second-order valence-electron chi connectivity index (χ2n) is 6.95. The molecule has 0 atom stereocenters. The molecule has 0 bridgehead atoms.